The molecule has 2 saturated heterocycles. The number of nitrogens with zero attached hydrogens (tertiary/aromatic N) is 2. The number of para-hydroxylation sites is 3. The predicted octanol–water partition coefficient (Wildman–Crippen LogP) is 9.73. The number of aromatic amines is 1. The number of carbonyl (C=O) groups excluding carboxylic acids is 1. The van der Waals surface area contributed by atoms with Crippen LogP contribution in [-0.2, 0) is 22.6 Å². The summed E-state index contributed by atoms with van der Waals surface area (Å²) in [6, 6.07) is 49.0. The number of aliphatic hydroxyl groups excluding tert-OH is 1. The molecule has 2 aliphatic rings. The van der Waals surface area contributed by atoms with Crippen LogP contribution in [0.4, 0.5) is 10.5 Å². The van der Waals surface area contributed by atoms with Crippen molar-refractivity contribution in [2.75, 3.05) is 25.0 Å². The van der Waals surface area contributed by atoms with E-state index in [4.69, 9.17) is 14.2 Å². The average molecular weight is 830 g/mol. The number of carbonyl (C=O) groups is 1. The number of amides is 2. The third-order valence-corrected chi connectivity index (χ3v) is 12.1. The van der Waals surface area contributed by atoms with Gasteiger partial charge < -0.3 is 39.8 Å². The molecule has 4 atom stereocenters. The van der Waals surface area contributed by atoms with E-state index in [2.05, 4.69) is 51.7 Å². The fourth-order valence-corrected chi connectivity index (χ4v) is 8.69. The van der Waals surface area contributed by atoms with Crippen molar-refractivity contribution in [1.82, 2.24) is 19.8 Å². The van der Waals surface area contributed by atoms with Gasteiger partial charge in [0.2, 0.25) is 0 Å². The quantitative estimate of drug-likeness (QED) is 0.0965. The molecule has 9 rings (SSSR count). The van der Waals surface area contributed by atoms with Gasteiger partial charge in [-0.25, -0.2) is 9.59 Å². The van der Waals surface area contributed by atoms with E-state index in [1.165, 1.54) is 0 Å². The Morgan fingerprint density at radius 1 is 0.758 bits per heavy atom. The van der Waals surface area contributed by atoms with Crippen LogP contribution in [0, 0.1) is 5.92 Å². The van der Waals surface area contributed by atoms with Crippen LogP contribution in [0.1, 0.15) is 60.5 Å². The highest BCUT2D eigenvalue weighted by atomic mass is 16.7. The molecule has 2 amide bonds. The van der Waals surface area contributed by atoms with Crippen LogP contribution in [0.5, 0.6) is 11.5 Å². The zero-order valence-corrected chi connectivity index (χ0v) is 34.7. The van der Waals surface area contributed by atoms with Gasteiger partial charge in [-0.3, -0.25) is 4.57 Å². The van der Waals surface area contributed by atoms with Gasteiger partial charge in [0.25, 0.3) is 0 Å². The van der Waals surface area contributed by atoms with E-state index in [-0.39, 0.29) is 42.5 Å². The third kappa shape index (κ3) is 9.36. The molecule has 4 unspecified atom stereocenters. The van der Waals surface area contributed by atoms with Crippen LogP contribution >= 0.6 is 0 Å². The summed E-state index contributed by atoms with van der Waals surface area (Å²) in [5.41, 5.74) is 8.21. The minimum absolute atomic E-state index is 0.0198. The Labute approximate surface area is 360 Å². The Hall–Kier alpha value is -6.50. The van der Waals surface area contributed by atoms with Crippen LogP contribution in [0.25, 0.3) is 22.2 Å². The second kappa shape index (κ2) is 18.6. The van der Waals surface area contributed by atoms with Gasteiger partial charge in [0.1, 0.15) is 11.5 Å². The summed E-state index contributed by atoms with van der Waals surface area (Å²) >= 11 is 0. The lowest BCUT2D eigenvalue weighted by molar-refractivity contribution is -0.276. The molecule has 11 nitrogen and oxygen atoms in total. The van der Waals surface area contributed by atoms with E-state index in [0.29, 0.717) is 18.0 Å². The highest BCUT2D eigenvalue weighted by Crippen LogP contribution is 2.43. The highest BCUT2D eigenvalue weighted by molar-refractivity contribution is 5.89. The van der Waals surface area contributed by atoms with E-state index in [9.17, 15) is 14.7 Å². The molecule has 3 heterocycles. The van der Waals surface area contributed by atoms with Gasteiger partial charge in [-0.05, 0) is 101 Å². The molecule has 11 heteroatoms. The molecule has 0 radical (unpaired) electrons. The summed E-state index contributed by atoms with van der Waals surface area (Å²) in [5.74, 6) is 1.47. The largest absolute Gasteiger partial charge is 0.457 e. The molecule has 1 aromatic heterocycles. The van der Waals surface area contributed by atoms with Crippen LogP contribution < -0.4 is 21.1 Å². The summed E-state index contributed by atoms with van der Waals surface area (Å²) in [7, 11) is 0. The molecule has 7 aromatic rings. The maximum absolute atomic E-state index is 13.0. The first-order valence-electron chi connectivity index (χ1n) is 21.4. The lowest BCUT2D eigenvalue weighted by atomic mass is 9.89. The minimum atomic E-state index is -0.617. The van der Waals surface area contributed by atoms with Crippen molar-refractivity contribution in [3.05, 3.63) is 184 Å². The molecule has 0 spiro atoms. The van der Waals surface area contributed by atoms with Crippen LogP contribution in [0.2, 0.25) is 0 Å². The maximum atomic E-state index is 13.0. The Bertz CT molecular complexity index is 2660. The fourth-order valence-electron chi connectivity index (χ4n) is 8.69. The molecule has 2 aliphatic heterocycles. The summed E-state index contributed by atoms with van der Waals surface area (Å²) in [6.07, 6.45) is 0.755. The van der Waals surface area contributed by atoms with Crippen molar-refractivity contribution in [3.8, 4) is 22.6 Å². The lowest BCUT2D eigenvalue weighted by Gasteiger charge is -2.44. The number of hydrogen-bond acceptors (Lipinski definition) is 7. The molecule has 0 bridgehead atoms. The van der Waals surface area contributed by atoms with Gasteiger partial charge >= 0.3 is 11.7 Å². The van der Waals surface area contributed by atoms with Crippen molar-refractivity contribution >= 4 is 22.8 Å². The van der Waals surface area contributed by atoms with E-state index in [0.717, 1.165) is 82.6 Å². The summed E-state index contributed by atoms with van der Waals surface area (Å²) < 4.78 is 21.5. The Morgan fingerprint density at radius 2 is 1.47 bits per heavy atom. The molecular weight excluding hydrogens is 779 g/mol. The Kier molecular flexibility index (Phi) is 12.3. The van der Waals surface area contributed by atoms with E-state index >= 15 is 0 Å². The summed E-state index contributed by atoms with van der Waals surface area (Å²) in [4.78, 5) is 31.3. The molecule has 6 aromatic carbocycles. The fraction of sp³-hybridized carbons (Fsp3) is 0.255. The Balaban J connectivity index is 0.865. The lowest BCUT2D eigenvalue weighted by Crippen LogP contribution is -2.47. The van der Waals surface area contributed by atoms with Crippen LogP contribution in [-0.4, -0.2) is 51.3 Å². The number of likely N-dealkylation sites (tertiary alicyclic amines) is 1. The van der Waals surface area contributed by atoms with Gasteiger partial charge in [0, 0.05) is 49.4 Å². The van der Waals surface area contributed by atoms with Gasteiger partial charge in [0.05, 0.1) is 29.8 Å². The van der Waals surface area contributed by atoms with E-state index < -0.39 is 6.29 Å². The van der Waals surface area contributed by atoms with Crippen molar-refractivity contribution < 1.29 is 24.1 Å². The number of benzene rings is 6. The molecular formula is C51H51N5O6. The van der Waals surface area contributed by atoms with Gasteiger partial charge in [-0.1, -0.05) is 97.9 Å². The first kappa shape index (κ1) is 40.9. The number of ether oxygens (including phenoxy) is 3. The topological polar surface area (TPSA) is 130 Å². The van der Waals surface area contributed by atoms with Crippen molar-refractivity contribution in [1.29, 1.82) is 0 Å². The second-order valence-corrected chi connectivity index (χ2v) is 16.2. The average Bonchev–Trinajstić information content (AvgIpc) is 3.66. The number of hydrogen-bond donors (Lipinski definition) is 4. The van der Waals surface area contributed by atoms with Crippen LogP contribution in [0.3, 0.4) is 0 Å². The Morgan fingerprint density at radius 3 is 2.24 bits per heavy atom. The zero-order chi connectivity index (χ0) is 42.4. The van der Waals surface area contributed by atoms with E-state index in [1.807, 2.05) is 132 Å². The van der Waals surface area contributed by atoms with Crippen LogP contribution in [0.15, 0.2) is 156 Å². The molecule has 2 fully saturated rings. The predicted molar refractivity (Wildman–Crippen MR) is 241 cm³/mol. The molecule has 316 valence electrons. The standard InChI is InChI=1S/C51H51N5O6/c1-34-47(32-55-27-25-42(26-28-55)56-46-16-6-5-15-45(46)54-51(56)59)61-49(62-48(34)37-19-17-35(33-57)18-20-37)40-12-8-11-39(30-40)38-10-7-9-36(29-38)31-52-50(58)53-41-21-23-44(24-22-41)60-43-13-3-2-4-14-43/h2-24,29-30,34,42,47-49,57H,25-28,31-33H2,1H3,(H,54,59)(H2,52,53,58). The number of imidazole rings is 1. The molecule has 0 aliphatic carbocycles. The smallest absolute Gasteiger partial charge is 0.326 e. The number of aromatic nitrogens is 2. The monoisotopic (exact) mass is 829 g/mol. The van der Waals surface area contributed by atoms with Crippen molar-refractivity contribution in [3.63, 3.8) is 0 Å². The van der Waals surface area contributed by atoms with Gasteiger partial charge in [-0.2, -0.15) is 0 Å². The third-order valence-electron chi connectivity index (χ3n) is 12.1. The summed E-state index contributed by atoms with van der Waals surface area (Å²) in [5, 5.41) is 15.6. The molecule has 0 saturated carbocycles. The highest BCUT2D eigenvalue weighted by Gasteiger charge is 2.40. The second-order valence-electron chi connectivity index (χ2n) is 16.2. The number of urea groups is 1. The van der Waals surface area contributed by atoms with Crippen molar-refractivity contribution in [2.24, 2.45) is 5.92 Å². The van der Waals surface area contributed by atoms with Crippen molar-refractivity contribution in [2.45, 2.75) is 57.5 Å². The molecule has 62 heavy (non-hydrogen) atoms. The molecule has 4 N–H and O–H groups in total. The minimum Gasteiger partial charge on any atom is -0.457 e. The number of fused-ring (bicyclic) bond motifs is 1. The van der Waals surface area contributed by atoms with Gasteiger partial charge in [-0.15, -0.1) is 0 Å². The first-order chi connectivity index (χ1) is 30.4. The zero-order valence-electron chi connectivity index (χ0n) is 34.7. The first-order valence-corrected chi connectivity index (χ1v) is 21.4. The number of nitrogens with one attached hydrogen (secondary N) is 3. The number of anilines is 1. The normalized spacial score (nSPS) is 19.6. The SMILES string of the molecule is CC1C(CN2CCC(n3c(=O)[nH]c4ccccc43)CC2)OC(c2cccc(-c3cccc(CNC(=O)Nc4ccc(Oc5ccccc5)cc4)c3)c2)OC1c1ccc(CO)cc1. The van der Waals surface area contributed by atoms with E-state index in [1.54, 1.807) is 0 Å². The van der Waals surface area contributed by atoms with Gasteiger partial charge in [0.15, 0.2) is 6.29 Å². The maximum Gasteiger partial charge on any atom is 0.326 e. The number of piperidine rings is 1. The number of aliphatic hydroxyl groups is 1. The number of H-pyrrole nitrogens is 1. The number of rotatable bonds is 12. The summed E-state index contributed by atoms with van der Waals surface area (Å²) in [6.45, 7) is 4.95.